The fourth-order valence-electron chi connectivity index (χ4n) is 3.76. The van der Waals surface area contributed by atoms with Crippen LogP contribution >= 0.6 is 53.1 Å². The number of nitrogen functional groups attached to an aromatic ring is 1. The van der Waals surface area contributed by atoms with Crippen LogP contribution in [0.15, 0.2) is 24.5 Å². The van der Waals surface area contributed by atoms with E-state index in [2.05, 4.69) is 31.4 Å². The molecule has 0 radical (unpaired) electrons. The minimum atomic E-state index is -0.676. The quantitative estimate of drug-likeness (QED) is 0.241. The van der Waals surface area contributed by atoms with Crippen molar-refractivity contribution in [1.82, 2.24) is 19.9 Å². The molecule has 7 nitrogen and oxygen atoms in total. The van der Waals surface area contributed by atoms with Crippen LogP contribution in [-0.2, 0) is 4.79 Å². The lowest BCUT2D eigenvalue weighted by atomic mass is 10.0. The minimum Gasteiger partial charge on any atom is -0.375 e. The Kier molecular flexibility index (Phi) is 6.36. The maximum Gasteiger partial charge on any atom is 0.299 e. The topological polar surface area (TPSA) is 97.0 Å². The molecule has 2 aromatic heterocycles. The van der Waals surface area contributed by atoms with Gasteiger partial charge in [0.1, 0.15) is 23.5 Å². The number of fused-ring (bicyclic) bond motifs is 2. The number of halogens is 4. The van der Waals surface area contributed by atoms with Crippen molar-refractivity contribution in [1.29, 1.82) is 0 Å². The average Bonchev–Trinajstić information content (AvgIpc) is 3.18. The van der Waals surface area contributed by atoms with Crippen molar-refractivity contribution in [2.45, 2.75) is 6.04 Å². The number of hydrogen-bond acceptors (Lipinski definition) is 8. The Bertz CT molecular complexity index is 1530. The van der Waals surface area contributed by atoms with E-state index < -0.39 is 11.6 Å². The first-order valence-corrected chi connectivity index (χ1v) is 14.2. The lowest BCUT2D eigenvalue weighted by Gasteiger charge is -2.38. The molecule has 0 spiro atoms. The standard InChI is InChI=1S/C21H12ClF2IN6OS2/c22-12-5-11-17(16(24)15(12)10-1-2-13(23)19-18(10)30-21(26)34-19)27-8-28-20(11)29-9-6-31(7-9)14(32)3-4-33-25/h1-2,5,8-9H,6-7H2,(H2,26,30)(H,27,28,29). The fourth-order valence-corrected chi connectivity index (χ4v) is 5.27. The number of nitrogens with zero attached hydrogens (tertiary/aromatic N) is 4. The monoisotopic (exact) mass is 628 g/mol. The van der Waals surface area contributed by atoms with Crippen molar-refractivity contribution in [3.8, 4) is 22.3 Å². The normalized spacial score (nSPS) is 13.6. The van der Waals surface area contributed by atoms with E-state index in [1.807, 2.05) is 21.2 Å². The first-order chi connectivity index (χ1) is 16.4. The molecule has 3 heterocycles. The third-order valence-corrected chi connectivity index (χ3v) is 7.34. The summed E-state index contributed by atoms with van der Waals surface area (Å²) in [6.45, 7) is 0.885. The summed E-state index contributed by atoms with van der Waals surface area (Å²) in [7, 11) is 1.24. The summed E-state index contributed by atoms with van der Waals surface area (Å²) < 4.78 is 30.2. The molecule has 34 heavy (non-hydrogen) atoms. The maximum atomic E-state index is 15.7. The Labute approximate surface area is 217 Å². The summed E-state index contributed by atoms with van der Waals surface area (Å²) in [5.41, 5.74) is 6.42. The van der Waals surface area contributed by atoms with E-state index in [0.29, 0.717) is 29.9 Å². The molecule has 172 valence electrons. The molecule has 0 atom stereocenters. The highest BCUT2D eigenvalue weighted by Gasteiger charge is 2.31. The number of hydrogen-bond donors (Lipinski definition) is 2. The number of nitrogens with two attached hydrogens (primary N) is 1. The summed E-state index contributed by atoms with van der Waals surface area (Å²) in [6, 6.07) is 4.14. The van der Waals surface area contributed by atoms with Crippen LogP contribution in [0.2, 0.25) is 5.02 Å². The number of amides is 1. The van der Waals surface area contributed by atoms with Gasteiger partial charge in [0.2, 0.25) is 0 Å². The Morgan fingerprint density at radius 3 is 2.88 bits per heavy atom. The second-order valence-electron chi connectivity index (χ2n) is 7.35. The number of thiazole rings is 1. The van der Waals surface area contributed by atoms with Gasteiger partial charge in [-0.1, -0.05) is 22.9 Å². The second-order valence-corrected chi connectivity index (χ2v) is 10.5. The second kappa shape index (κ2) is 9.29. The summed E-state index contributed by atoms with van der Waals surface area (Å²) in [6.07, 6.45) is 1.25. The van der Waals surface area contributed by atoms with E-state index in [1.165, 1.54) is 27.4 Å². The number of likely N-dealkylation sites (tertiary alicyclic amines) is 1. The number of aromatic nitrogens is 3. The van der Waals surface area contributed by atoms with Gasteiger partial charge in [0.15, 0.2) is 10.9 Å². The Hall–Kier alpha value is -2.47. The highest BCUT2D eigenvalue weighted by atomic mass is 127. The van der Waals surface area contributed by atoms with E-state index >= 15 is 4.39 Å². The van der Waals surface area contributed by atoms with Crippen molar-refractivity contribution in [3.63, 3.8) is 0 Å². The van der Waals surface area contributed by atoms with Gasteiger partial charge in [-0.3, -0.25) is 4.79 Å². The summed E-state index contributed by atoms with van der Waals surface area (Å²) in [5, 5.41) is 6.53. The smallest absolute Gasteiger partial charge is 0.299 e. The van der Waals surface area contributed by atoms with Crippen LogP contribution in [0.1, 0.15) is 0 Å². The van der Waals surface area contributed by atoms with E-state index in [-0.39, 0.29) is 43.4 Å². The van der Waals surface area contributed by atoms with Gasteiger partial charge in [-0.25, -0.2) is 23.7 Å². The zero-order chi connectivity index (χ0) is 24.0. The first-order valence-electron chi connectivity index (χ1n) is 9.69. The van der Waals surface area contributed by atoms with Crippen LogP contribution in [0.25, 0.3) is 32.2 Å². The van der Waals surface area contributed by atoms with Gasteiger partial charge in [0, 0.05) is 56.7 Å². The molecule has 0 saturated carbocycles. The van der Waals surface area contributed by atoms with Crippen LogP contribution < -0.4 is 11.1 Å². The number of benzene rings is 2. The number of anilines is 2. The SMILES string of the molecule is Nc1nc2c(-c3c(Cl)cc4c(NC5CN(C(=O)C#CSI)C5)ncnc4c3F)ccc(F)c2s1. The predicted molar refractivity (Wildman–Crippen MR) is 141 cm³/mol. The highest BCUT2D eigenvalue weighted by Crippen LogP contribution is 2.41. The largest absolute Gasteiger partial charge is 0.375 e. The molecule has 1 amide bonds. The summed E-state index contributed by atoms with van der Waals surface area (Å²) in [4.78, 5) is 26.1. The van der Waals surface area contributed by atoms with E-state index in [0.717, 1.165) is 11.3 Å². The van der Waals surface area contributed by atoms with Crippen LogP contribution in [0.4, 0.5) is 19.7 Å². The van der Waals surface area contributed by atoms with Crippen molar-refractivity contribution in [2.24, 2.45) is 0 Å². The van der Waals surface area contributed by atoms with Gasteiger partial charge in [-0.2, -0.15) is 0 Å². The van der Waals surface area contributed by atoms with Crippen LogP contribution in [0, 0.1) is 22.8 Å². The molecular formula is C21H12ClF2IN6OS2. The highest BCUT2D eigenvalue weighted by molar-refractivity contribution is 14.2. The molecule has 4 aromatic rings. The van der Waals surface area contributed by atoms with Crippen molar-refractivity contribution in [3.05, 3.63) is 41.2 Å². The molecule has 1 saturated heterocycles. The van der Waals surface area contributed by atoms with Crippen molar-refractivity contribution < 1.29 is 13.6 Å². The molecule has 5 rings (SSSR count). The molecule has 1 fully saturated rings. The predicted octanol–water partition coefficient (Wildman–Crippen LogP) is 5.09. The maximum absolute atomic E-state index is 15.7. The molecule has 13 heteroatoms. The Morgan fingerprint density at radius 1 is 1.32 bits per heavy atom. The Balaban J connectivity index is 1.50. The average molecular weight is 629 g/mol. The molecule has 1 aliphatic rings. The zero-order valence-corrected chi connectivity index (χ0v) is 21.5. The van der Waals surface area contributed by atoms with Gasteiger partial charge in [0.25, 0.3) is 5.91 Å². The van der Waals surface area contributed by atoms with Gasteiger partial charge >= 0.3 is 0 Å². The molecular weight excluding hydrogens is 617 g/mol. The molecule has 0 aliphatic carbocycles. The van der Waals surface area contributed by atoms with Gasteiger partial charge in [0.05, 0.1) is 21.3 Å². The van der Waals surface area contributed by atoms with E-state index in [9.17, 15) is 9.18 Å². The van der Waals surface area contributed by atoms with Gasteiger partial charge in [-0.15, -0.1) is 0 Å². The number of carbonyl (C=O) groups is 1. The van der Waals surface area contributed by atoms with E-state index in [4.69, 9.17) is 17.3 Å². The zero-order valence-electron chi connectivity index (χ0n) is 16.9. The molecule has 2 aromatic carbocycles. The lowest BCUT2D eigenvalue weighted by Crippen LogP contribution is -2.56. The summed E-state index contributed by atoms with van der Waals surface area (Å²) in [5.74, 6) is 1.51. The minimum absolute atomic E-state index is 0.0507. The number of rotatable bonds is 3. The molecule has 3 N–H and O–H groups in total. The first kappa shape index (κ1) is 23.3. The molecule has 1 aliphatic heterocycles. The summed E-state index contributed by atoms with van der Waals surface area (Å²) >= 11 is 9.49. The van der Waals surface area contributed by atoms with Crippen LogP contribution in [-0.4, -0.2) is 44.9 Å². The van der Waals surface area contributed by atoms with E-state index in [1.54, 1.807) is 11.0 Å². The Morgan fingerprint density at radius 2 is 2.12 bits per heavy atom. The van der Waals surface area contributed by atoms with Gasteiger partial charge < -0.3 is 16.0 Å². The van der Waals surface area contributed by atoms with Gasteiger partial charge in [-0.05, 0) is 32.4 Å². The van der Waals surface area contributed by atoms with Crippen LogP contribution in [0.5, 0.6) is 0 Å². The molecule has 0 bridgehead atoms. The number of nitrogens with one attached hydrogen (secondary N) is 1. The number of carbonyl (C=O) groups excluding carboxylic acids is 1. The van der Waals surface area contributed by atoms with Crippen molar-refractivity contribution >= 4 is 91.1 Å². The van der Waals surface area contributed by atoms with Crippen molar-refractivity contribution in [2.75, 3.05) is 24.1 Å². The third kappa shape index (κ3) is 4.10. The fraction of sp³-hybridized carbons (Fsp3) is 0.143. The molecule has 0 unspecified atom stereocenters. The third-order valence-electron chi connectivity index (χ3n) is 5.31. The lowest BCUT2D eigenvalue weighted by molar-refractivity contribution is -0.128. The van der Waals surface area contributed by atoms with Crippen LogP contribution in [0.3, 0.4) is 0 Å².